The van der Waals surface area contributed by atoms with Gasteiger partial charge in [-0.05, 0) is 17.4 Å². The minimum absolute atomic E-state index is 0.0265. The molecule has 0 fully saturated rings. The summed E-state index contributed by atoms with van der Waals surface area (Å²) < 4.78 is 27.9. The fraction of sp³-hybridized carbons (Fsp3) is 0.600. The number of nitrogens with zero attached hydrogens (tertiary/aromatic N) is 1. The van der Waals surface area contributed by atoms with Crippen molar-refractivity contribution >= 4 is 10.2 Å². The minimum Gasteiger partial charge on any atom is -0.392 e. The number of aliphatic hydroxyl groups is 1. The number of aliphatic hydroxyl groups excluding tert-OH is 1. The van der Waals surface area contributed by atoms with Crippen LogP contribution in [-0.4, -0.2) is 37.5 Å². The smallest absolute Gasteiger partial charge is 0.279 e. The summed E-state index contributed by atoms with van der Waals surface area (Å²) in [6.07, 6.45) is -0.150. The summed E-state index contributed by atoms with van der Waals surface area (Å²) in [6, 6.07) is 9.38. The van der Waals surface area contributed by atoms with E-state index in [1.807, 2.05) is 51.1 Å². The predicted octanol–water partition coefficient (Wildman–Crippen LogP) is 1.75. The highest BCUT2D eigenvalue weighted by Gasteiger charge is 2.21. The van der Waals surface area contributed by atoms with E-state index in [1.54, 1.807) is 0 Å². The van der Waals surface area contributed by atoms with Crippen LogP contribution in [0.1, 0.15) is 32.8 Å². The Labute approximate surface area is 128 Å². The van der Waals surface area contributed by atoms with Gasteiger partial charge in [-0.25, -0.2) is 0 Å². The third-order valence-electron chi connectivity index (χ3n) is 3.01. The predicted molar refractivity (Wildman–Crippen MR) is 84.9 cm³/mol. The van der Waals surface area contributed by atoms with Gasteiger partial charge in [-0.2, -0.15) is 17.4 Å². The molecule has 0 spiro atoms. The lowest BCUT2D eigenvalue weighted by Gasteiger charge is -2.24. The maximum absolute atomic E-state index is 12.1. The summed E-state index contributed by atoms with van der Waals surface area (Å²) in [5, 5.41) is 9.87. The molecule has 0 amide bonds. The molecule has 1 unspecified atom stereocenters. The summed E-state index contributed by atoms with van der Waals surface area (Å²) in [7, 11) is -2.07. The topological polar surface area (TPSA) is 69.6 Å². The van der Waals surface area contributed by atoms with E-state index in [4.69, 9.17) is 0 Å². The first-order chi connectivity index (χ1) is 9.60. The van der Waals surface area contributed by atoms with Crippen LogP contribution >= 0.6 is 0 Å². The van der Waals surface area contributed by atoms with Crippen LogP contribution in [0.5, 0.6) is 0 Å². The lowest BCUT2D eigenvalue weighted by atomic mass is 9.89. The van der Waals surface area contributed by atoms with E-state index in [2.05, 4.69) is 4.72 Å². The molecule has 0 heterocycles. The summed E-state index contributed by atoms with van der Waals surface area (Å²) in [5.74, 6) is 0. The van der Waals surface area contributed by atoms with E-state index >= 15 is 0 Å². The molecular formula is C15H26N2O3S. The van der Waals surface area contributed by atoms with Crippen LogP contribution in [-0.2, 0) is 16.8 Å². The number of nitrogens with one attached hydrogen (secondary N) is 1. The van der Waals surface area contributed by atoms with Gasteiger partial charge in [0.05, 0.1) is 6.10 Å². The van der Waals surface area contributed by atoms with Gasteiger partial charge < -0.3 is 5.11 Å². The Morgan fingerprint density at radius 1 is 1.24 bits per heavy atom. The Kier molecular flexibility index (Phi) is 6.34. The molecule has 5 nitrogen and oxygen atoms in total. The number of benzene rings is 1. The fourth-order valence-corrected chi connectivity index (χ4v) is 2.96. The molecule has 0 aliphatic rings. The quantitative estimate of drug-likeness (QED) is 0.805. The van der Waals surface area contributed by atoms with Crippen molar-refractivity contribution in [1.82, 2.24) is 9.03 Å². The normalized spacial score (nSPS) is 14.4. The van der Waals surface area contributed by atoms with Crippen LogP contribution < -0.4 is 4.72 Å². The highest BCUT2D eigenvalue weighted by atomic mass is 32.2. The van der Waals surface area contributed by atoms with E-state index in [9.17, 15) is 13.5 Å². The van der Waals surface area contributed by atoms with Gasteiger partial charge in [0.1, 0.15) is 0 Å². The molecule has 0 saturated heterocycles. The zero-order valence-corrected chi connectivity index (χ0v) is 14.0. The van der Waals surface area contributed by atoms with Gasteiger partial charge >= 0.3 is 0 Å². The molecule has 6 heteroatoms. The molecule has 0 saturated carbocycles. The third-order valence-corrected chi connectivity index (χ3v) is 4.49. The lowest BCUT2D eigenvalue weighted by Crippen LogP contribution is -2.42. The Hall–Kier alpha value is -0.950. The molecule has 120 valence electrons. The number of hydrogen-bond acceptors (Lipinski definition) is 3. The van der Waals surface area contributed by atoms with E-state index < -0.39 is 16.3 Å². The van der Waals surface area contributed by atoms with Crippen LogP contribution in [0.25, 0.3) is 0 Å². The van der Waals surface area contributed by atoms with E-state index in [1.165, 1.54) is 11.4 Å². The summed E-state index contributed by atoms with van der Waals surface area (Å²) >= 11 is 0. The molecular weight excluding hydrogens is 288 g/mol. The van der Waals surface area contributed by atoms with Crippen molar-refractivity contribution in [2.24, 2.45) is 5.41 Å². The number of hydrogen-bond donors (Lipinski definition) is 2. The van der Waals surface area contributed by atoms with Gasteiger partial charge in [0.2, 0.25) is 0 Å². The second kappa shape index (κ2) is 7.35. The van der Waals surface area contributed by atoms with Gasteiger partial charge in [-0.1, -0.05) is 51.1 Å². The van der Waals surface area contributed by atoms with Gasteiger partial charge in [-0.15, -0.1) is 0 Å². The van der Waals surface area contributed by atoms with E-state index in [-0.39, 0.29) is 12.0 Å². The Balaban J connectivity index is 2.53. The molecule has 0 bridgehead atoms. The zero-order valence-electron chi connectivity index (χ0n) is 13.2. The van der Waals surface area contributed by atoms with Crippen molar-refractivity contribution in [1.29, 1.82) is 0 Å². The van der Waals surface area contributed by atoms with Gasteiger partial charge in [0, 0.05) is 20.1 Å². The zero-order chi connectivity index (χ0) is 16.1. The monoisotopic (exact) mass is 314 g/mol. The molecule has 2 N–H and O–H groups in total. The van der Waals surface area contributed by atoms with Gasteiger partial charge in [-0.3, -0.25) is 0 Å². The molecule has 0 aliphatic heterocycles. The summed E-state index contributed by atoms with van der Waals surface area (Å²) in [4.78, 5) is 0. The molecule has 0 aliphatic carbocycles. The van der Waals surface area contributed by atoms with E-state index in [0.717, 1.165) is 5.56 Å². The molecule has 0 aromatic heterocycles. The van der Waals surface area contributed by atoms with Crippen molar-refractivity contribution in [3.8, 4) is 0 Å². The summed E-state index contributed by atoms with van der Waals surface area (Å²) in [6.45, 7) is 6.34. The largest absolute Gasteiger partial charge is 0.392 e. The van der Waals surface area contributed by atoms with Crippen molar-refractivity contribution in [2.75, 3.05) is 13.6 Å². The molecule has 1 rings (SSSR count). The standard InChI is InChI=1S/C15H26N2O3S/c1-15(2,3)10-14(18)11-16-21(19,20)17(4)12-13-8-6-5-7-9-13/h5-9,14,16,18H,10-12H2,1-4H3. The van der Waals surface area contributed by atoms with Crippen molar-refractivity contribution in [3.63, 3.8) is 0 Å². The van der Waals surface area contributed by atoms with Crippen LogP contribution in [0.15, 0.2) is 30.3 Å². The fourth-order valence-electron chi connectivity index (χ4n) is 2.02. The van der Waals surface area contributed by atoms with Crippen LogP contribution in [0.4, 0.5) is 0 Å². The molecule has 1 aromatic carbocycles. The molecule has 21 heavy (non-hydrogen) atoms. The maximum atomic E-state index is 12.1. The average Bonchev–Trinajstić information content (AvgIpc) is 2.36. The van der Waals surface area contributed by atoms with Crippen molar-refractivity contribution in [3.05, 3.63) is 35.9 Å². The Bertz CT molecular complexity index is 524. The molecule has 0 radical (unpaired) electrons. The van der Waals surface area contributed by atoms with Gasteiger partial charge in [0.15, 0.2) is 0 Å². The first-order valence-electron chi connectivity index (χ1n) is 7.03. The lowest BCUT2D eigenvalue weighted by molar-refractivity contribution is 0.124. The van der Waals surface area contributed by atoms with Crippen molar-refractivity contribution in [2.45, 2.75) is 39.8 Å². The first-order valence-corrected chi connectivity index (χ1v) is 8.47. The van der Waals surface area contributed by atoms with Crippen LogP contribution in [0.2, 0.25) is 0 Å². The number of rotatable bonds is 7. The Morgan fingerprint density at radius 2 is 1.81 bits per heavy atom. The SMILES string of the molecule is CN(Cc1ccccc1)S(=O)(=O)NCC(O)CC(C)(C)C. The minimum atomic E-state index is -3.59. The van der Waals surface area contributed by atoms with Gasteiger partial charge in [0.25, 0.3) is 10.2 Å². The molecule has 1 aromatic rings. The van der Waals surface area contributed by atoms with Crippen LogP contribution in [0, 0.1) is 5.41 Å². The Morgan fingerprint density at radius 3 is 2.33 bits per heavy atom. The van der Waals surface area contributed by atoms with Crippen molar-refractivity contribution < 1.29 is 13.5 Å². The van der Waals surface area contributed by atoms with Crippen LogP contribution in [0.3, 0.4) is 0 Å². The summed E-state index contributed by atoms with van der Waals surface area (Å²) in [5.41, 5.74) is 0.876. The average molecular weight is 314 g/mol. The highest BCUT2D eigenvalue weighted by molar-refractivity contribution is 7.87. The first kappa shape index (κ1) is 18.1. The second-order valence-corrected chi connectivity index (χ2v) is 8.38. The third kappa shape index (κ3) is 7.04. The maximum Gasteiger partial charge on any atom is 0.279 e. The van der Waals surface area contributed by atoms with E-state index in [0.29, 0.717) is 13.0 Å². The second-order valence-electron chi connectivity index (χ2n) is 6.51. The highest BCUT2D eigenvalue weighted by Crippen LogP contribution is 2.20. The molecule has 1 atom stereocenters.